The number of aromatic hydroxyl groups is 1. The van der Waals surface area contributed by atoms with Crippen molar-refractivity contribution >= 4 is 61.8 Å². The van der Waals surface area contributed by atoms with Crippen molar-refractivity contribution in [1.29, 1.82) is 0 Å². The largest absolute Gasteiger partial charge is 0.507 e. The second-order valence-corrected chi connectivity index (χ2v) is 6.65. The van der Waals surface area contributed by atoms with Gasteiger partial charge in [-0.1, -0.05) is 34.5 Å². The minimum atomic E-state index is -1.25. The highest BCUT2D eigenvalue weighted by molar-refractivity contribution is 7.22. The van der Waals surface area contributed by atoms with Gasteiger partial charge < -0.3 is 15.2 Å². The molecule has 10 heteroatoms. The molecule has 0 bridgehead atoms. The second kappa shape index (κ2) is 5.97. The molecule has 2 aromatic heterocycles. The number of aromatic carboxylic acids is 1. The third-order valence-electron chi connectivity index (χ3n) is 3.24. The number of amides is 1. The van der Waals surface area contributed by atoms with Crippen LogP contribution in [-0.4, -0.2) is 32.1 Å². The van der Waals surface area contributed by atoms with E-state index in [0.29, 0.717) is 15.9 Å². The third-order valence-corrected chi connectivity index (χ3v) is 5.12. The molecular weight excluding hydrogens is 377 g/mol. The first-order valence-corrected chi connectivity index (χ1v) is 8.07. The number of carbonyl (C=O) groups excluding carboxylic acids is 1. The Labute approximate surface area is 148 Å². The summed E-state index contributed by atoms with van der Waals surface area (Å²) in [5, 5.41) is 21.9. The highest BCUT2D eigenvalue weighted by Crippen LogP contribution is 2.33. The van der Waals surface area contributed by atoms with Crippen LogP contribution in [0.3, 0.4) is 0 Å². The maximum atomic E-state index is 12.3. The second-order valence-electron chi connectivity index (χ2n) is 4.87. The standard InChI is InChI=1S/C14H9Cl2N3O4S/c1-4-9(15)10(16)11(17-4)12(21)19-14-18-6-3-7(20)5(13(22)23)2-8(6)24-14/h2-3,17,20H,1H3,(H,22,23)(H,18,19,21). The number of halogens is 2. The summed E-state index contributed by atoms with van der Waals surface area (Å²) in [6.07, 6.45) is 0. The number of aryl methyl sites for hydroxylation is 1. The Hall–Kier alpha value is -2.29. The summed E-state index contributed by atoms with van der Waals surface area (Å²) in [5.41, 5.74) is 0.795. The van der Waals surface area contributed by atoms with E-state index in [1.807, 2.05) is 0 Å². The van der Waals surface area contributed by atoms with Gasteiger partial charge in [-0.3, -0.25) is 10.1 Å². The summed E-state index contributed by atoms with van der Waals surface area (Å²) in [6, 6.07) is 2.52. The molecule has 0 saturated carbocycles. The SMILES string of the molecule is Cc1[nH]c(C(=O)Nc2nc3cc(O)c(C(=O)O)cc3s2)c(Cl)c1Cl. The van der Waals surface area contributed by atoms with Crippen LogP contribution in [0.25, 0.3) is 10.2 Å². The molecule has 24 heavy (non-hydrogen) atoms. The van der Waals surface area contributed by atoms with Crippen molar-refractivity contribution in [3.8, 4) is 5.75 Å². The molecule has 0 atom stereocenters. The van der Waals surface area contributed by atoms with E-state index in [4.69, 9.17) is 28.3 Å². The van der Waals surface area contributed by atoms with Crippen molar-refractivity contribution in [2.24, 2.45) is 0 Å². The van der Waals surface area contributed by atoms with Crippen molar-refractivity contribution in [2.45, 2.75) is 6.92 Å². The Morgan fingerprint density at radius 2 is 2.00 bits per heavy atom. The van der Waals surface area contributed by atoms with Crippen molar-refractivity contribution in [3.63, 3.8) is 0 Å². The first-order valence-electron chi connectivity index (χ1n) is 6.49. The van der Waals surface area contributed by atoms with Gasteiger partial charge in [0, 0.05) is 11.8 Å². The van der Waals surface area contributed by atoms with E-state index in [0.717, 1.165) is 11.3 Å². The van der Waals surface area contributed by atoms with E-state index in [-0.39, 0.29) is 26.4 Å². The quantitative estimate of drug-likeness (QED) is 0.545. The molecule has 4 N–H and O–H groups in total. The van der Waals surface area contributed by atoms with E-state index in [1.165, 1.54) is 12.1 Å². The molecular formula is C14H9Cl2N3O4S. The Morgan fingerprint density at radius 1 is 1.29 bits per heavy atom. The zero-order chi connectivity index (χ0) is 17.6. The van der Waals surface area contributed by atoms with Gasteiger partial charge in [-0.05, 0) is 13.0 Å². The first-order chi connectivity index (χ1) is 11.3. The molecule has 0 fully saturated rings. The molecule has 3 rings (SSSR count). The number of anilines is 1. The van der Waals surface area contributed by atoms with Crippen LogP contribution in [0.5, 0.6) is 5.75 Å². The van der Waals surface area contributed by atoms with Gasteiger partial charge in [-0.15, -0.1) is 0 Å². The van der Waals surface area contributed by atoms with Crippen LogP contribution in [0.15, 0.2) is 12.1 Å². The van der Waals surface area contributed by atoms with Crippen LogP contribution in [0.1, 0.15) is 26.5 Å². The Bertz CT molecular complexity index is 996. The number of aromatic nitrogens is 2. The molecule has 0 unspecified atom stereocenters. The number of benzene rings is 1. The average molecular weight is 386 g/mol. The van der Waals surface area contributed by atoms with Gasteiger partial charge >= 0.3 is 5.97 Å². The Morgan fingerprint density at radius 3 is 2.58 bits per heavy atom. The number of carboxylic acid groups (broad SMARTS) is 1. The summed E-state index contributed by atoms with van der Waals surface area (Å²) < 4.78 is 0.507. The van der Waals surface area contributed by atoms with Gasteiger partial charge in [0.1, 0.15) is 17.0 Å². The number of hydrogen-bond acceptors (Lipinski definition) is 5. The third kappa shape index (κ3) is 2.79. The van der Waals surface area contributed by atoms with E-state index in [2.05, 4.69) is 15.3 Å². The summed E-state index contributed by atoms with van der Waals surface area (Å²) in [6.45, 7) is 1.68. The average Bonchev–Trinajstić information content (AvgIpc) is 3.01. The number of phenols is 1. The lowest BCUT2D eigenvalue weighted by molar-refractivity contribution is 0.0693. The fourth-order valence-electron chi connectivity index (χ4n) is 2.08. The maximum Gasteiger partial charge on any atom is 0.339 e. The number of rotatable bonds is 3. The molecule has 1 amide bonds. The topological polar surface area (TPSA) is 115 Å². The Balaban J connectivity index is 1.94. The first kappa shape index (κ1) is 16.6. The Kier molecular flexibility index (Phi) is 4.12. The molecule has 1 aromatic carbocycles. The number of H-pyrrole nitrogens is 1. The number of carboxylic acids is 1. The van der Waals surface area contributed by atoms with E-state index < -0.39 is 17.6 Å². The smallest absolute Gasteiger partial charge is 0.339 e. The van der Waals surface area contributed by atoms with Crippen molar-refractivity contribution in [3.05, 3.63) is 39.1 Å². The lowest BCUT2D eigenvalue weighted by Crippen LogP contribution is -2.12. The van der Waals surface area contributed by atoms with E-state index >= 15 is 0 Å². The monoisotopic (exact) mass is 385 g/mol. The fourth-order valence-corrected chi connectivity index (χ4v) is 3.37. The molecule has 0 aliphatic carbocycles. The number of carbonyl (C=O) groups is 2. The molecule has 0 aliphatic rings. The number of aromatic amines is 1. The highest BCUT2D eigenvalue weighted by Gasteiger charge is 2.20. The van der Waals surface area contributed by atoms with E-state index in [1.54, 1.807) is 6.92 Å². The number of nitrogens with one attached hydrogen (secondary N) is 2. The lowest BCUT2D eigenvalue weighted by Gasteiger charge is -1.99. The summed E-state index contributed by atoms with van der Waals surface area (Å²) in [4.78, 5) is 30.2. The lowest BCUT2D eigenvalue weighted by atomic mass is 10.2. The highest BCUT2D eigenvalue weighted by atomic mass is 35.5. The summed E-state index contributed by atoms with van der Waals surface area (Å²) >= 11 is 13.0. The molecule has 3 aromatic rings. The van der Waals surface area contributed by atoms with Crippen molar-refractivity contribution in [1.82, 2.24) is 9.97 Å². The summed E-state index contributed by atoms with van der Waals surface area (Å²) in [7, 11) is 0. The molecule has 0 aliphatic heterocycles. The maximum absolute atomic E-state index is 12.3. The zero-order valence-corrected chi connectivity index (χ0v) is 14.3. The van der Waals surface area contributed by atoms with Crippen LogP contribution in [0, 0.1) is 6.92 Å². The molecule has 0 saturated heterocycles. The summed E-state index contributed by atoms with van der Waals surface area (Å²) in [5.74, 6) is -2.18. The van der Waals surface area contributed by atoms with Gasteiger partial charge in [-0.2, -0.15) is 0 Å². The predicted molar refractivity (Wildman–Crippen MR) is 91.7 cm³/mol. The number of thiazole rings is 1. The van der Waals surface area contributed by atoms with Crippen LogP contribution >= 0.6 is 34.5 Å². The van der Waals surface area contributed by atoms with Gasteiger partial charge in [0.05, 0.1) is 20.3 Å². The number of fused-ring (bicyclic) bond motifs is 1. The van der Waals surface area contributed by atoms with Gasteiger partial charge in [0.25, 0.3) is 5.91 Å². The van der Waals surface area contributed by atoms with Crippen LogP contribution in [-0.2, 0) is 0 Å². The van der Waals surface area contributed by atoms with Gasteiger partial charge in [0.2, 0.25) is 0 Å². The fraction of sp³-hybridized carbons (Fsp3) is 0.0714. The molecule has 2 heterocycles. The predicted octanol–water partition coefficient (Wildman–Crippen LogP) is 3.90. The van der Waals surface area contributed by atoms with E-state index in [9.17, 15) is 14.7 Å². The normalized spacial score (nSPS) is 11.0. The number of nitrogens with zero attached hydrogens (tertiary/aromatic N) is 1. The number of hydrogen-bond donors (Lipinski definition) is 4. The molecule has 124 valence electrons. The van der Waals surface area contributed by atoms with Gasteiger partial charge in [-0.25, -0.2) is 9.78 Å². The van der Waals surface area contributed by atoms with Gasteiger partial charge in [0.15, 0.2) is 5.13 Å². The molecule has 0 spiro atoms. The van der Waals surface area contributed by atoms with Crippen molar-refractivity contribution in [2.75, 3.05) is 5.32 Å². The molecule has 7 nitrogen and oxygen atoms in total. The molecule has 0 radical (unpaired) electrons. The zero-order valence-electron chi connectivity index (χ0n) is 12.0. The minimum Gasteiger partial charge on any atom is -0.507 e. The van der Waals surface area contributed by atoms with Crippen LogP contribution in [0.2, 0.25) is 10.0 Å². The van der Waals surface area contributed by atoms with Crippen molar-refractivity contribution < 1.29 is 19.8 Å². The van der Waals surface area contributed by atoms with Crippen LogP contribution in [0.4, 0.5) is 5.13 Å². The van der Waals surface area contributed by atoms with Crippen LogP contribution < -0.4 is 5.32 Å². The minimum absolute atomic E-state index is 0.104.